The van der Waals surface area contributed by atoms with E-state index >= 15 is 0 Å². The highest BCUT2D eigenvalue weighted by Crippen LogP contribution is 2.72. The number of nitrogens with zero attached hydrogens (tertiary/aromatic N) is 4. The maximum Gasteiger partial charge on any atom is 0.355 e. The number of ketones is 1. The summed E-state index contributed by atoms with van der Waals surface area (Å²) in [4.78, 5) is 104. The lowest BCUT2D eigenvalue weighted by molar-refractivity contribution is -0.248. The van der Waals surface area contributed by atoms with Gasteiger partial charge in [0.2, 0.25) is 17.7 Å². The van der Waals surface area contributed by atoms with E-state index in [-0.39, 0.29) is 89.9 Å². The van der Waals surface area contributed by atoms with Gasteiger partial charge < -0.3 is 30.5 Å². The van der Waals surface area contributed by atoms with Gasteiger partial charge in [-0.05, 0) is 105 Å². The molecule has 3 heterocycles. The van der Waals surface area contributed by atoms with E-state index in [1.165, 1.54) is 14.0 Å². The molecule has 0 saturated heterocycles. The van der Waals surface area contributed by atoms with E-state index in [4.69, 9.17) is 14.6 Å². The molecule has 18 heteroatoms. The molecule has 2 aromatic heterocycles. The first-order valence-corrected chi connectivity index (χ1v) is 23.6. The van der Waals surface area contributed by atoms with Crippen molar-refractivity contribution in [3.05, 3.63) is 77.4 Å². The van der Waals surface area contributed by atoms with Crippen LogP contribution in [0, 0.1) is 29.1 Å². The molecular weight excluding hydrogens is 887 g/mol. The van der Waals surface area contributed by atoms with Crippen LogP contribution < -0.4 is 16.0 Å². The fraction of sp³-hybridized carbons (Fsp3) is 0.529. The number of amides is 5. The van der Waals surface area contributed by atoms with Crippen LogP contribution >= 0.6 is 0 Å². The van der Waals surface area contributed by atoms with E-state index in [2.05, 4.69) is 34.8 Å². The zero-order valence-electron chi connectivity index (χ0n) is 40.3. The number of aromatic carboxylic acids is 1. The second kappa shape index (κ2) is 20.2. The first kappa shape index (κ1) is 50.3. The number of ether oxygens (including phenoxy) is 2. The highest BCUT2D eigenvalue weighted by Gasteiger charge is 2.66. The molecule has 5 aliphatic rings. The number of hydrogen-bond donors (Lipinski definition) is 4. The van der Waals surface area contributed by atoms with Gasteiger partial charge in [-0.25, -0.2) is 9.78 Å². The van der Waals surface area contributed by atoms with Crippen LogP contribution in [0.2, 0.25) is 0 Å². The number of aromatic nitrogens is 3. The van der Waals surface area contributed by atoms with Crippen molar-refractivity contribution in [2.24, 2.45) is 22.2 Å². The van der Waals surface area contributed by atoms with Crippen molar-refractivity contribution in [2.45, 2.75) is 130 Å². The van der Waals surface area contributed by atoms with Crippen LogP contribution in [0.4, 0.5) is 5.69 Å². The van der Waals surface area contributed by atoms with Crippen molar-refractivity contribution in [2.75, 3.05) is 25.5 Å². The summed E-state index contributed by atoms with van der Waals surface area (Å²) in [5.74, 6) is -4.69. The predicted octanol–water partition coefficient (Wildman–Crippen LogP) is 5.25. The summed E-state index contributed by atoms with van der Waals surface area (Å²) in [7, 11) is 1.52. The Kier molecular flexibility index (Phi) is 14.7. The first-order chi connectivity index (χ1) is 32.6. The minimum absolute atomic E-state index is 0.0222. The van der Waals surface area contributed by atoms with Crippen LogP contribution in [0.5, 0.6) is 0 Å². The fourth-order valence-corrected chi connectivity index (χ4v) is 12.1. The lowest BCUT2D eigenvalue weighted by atomic mass is 9.39. The number of hydrogen-bond acceptors (Lipinski definition) is 12. The van der Waals surface area contributed by atoms with Gasteiger partial charge in [0.1, 0.15) is 6.61 Å². The fourth-order valence-electron chi connectivity index (χ4n) is 12.1. The van der Waals surface area contributed by atoms with Gasteiger partial charge in [-0.2, -0.15) is 5.10 Å². The number of anilines is 1. The largest absolute Gasteiger partial charge is 0.476 e. The van der Waals surface area contributed by atoms with Gasteiger partial charge in [0.25, 0.3) is 11.8 Å². The van der Waals surface area contributed by atoms with E-state index in [0.29, 0.717) is 42.1 Å². The molecule has 2 unspecified atom stereocenters. The number of rotatable bonds is 22. The molecule has 69 heavy (non-hydrogen) atoms. The van der Waals surface area contributed by atoms with E-state index in [9.17, 15) is 43.5 Å². The van der Waals surface area contributed by atoms with E-state index < -0.39 is 35.7 Å². The first-order valence-electron chi connectivity index (χ1n) is 23.6. The number of carboxylic acids is 1. The van der Waals surface area contributed by atoms with Crippen molar-refractivity contribution in [3.63, 3.8) is 0 Å². The molecule has 4 atom stereocenters. The molecular formula is C51H63N7O11. The number of carbonyl (C=O) groups excluding carboxylic acids is 7. The molecule has 8 rings (SSSR count). The number of nitrogens with one attached hydrogen (secondary N) is 3. The van der Waals surface area contributed by atoms with Gasteiger partial charge in [-0.15, -0.1) is 0 Å². The van der Waals surface area contributed by atoms with Crippen molar-refractivity contribution in [3.8, 4) is 11.1 Å². The van der Waals surface area contributed by atoms with Crippen LogP contribution in [0.25, 0.3) is 11.1 Å². The number of pyridine rings is 1. The third-order valence-electron chi connectivity index (χ3n) is 14.1. The molecule has 3 aromatic rings. The molecule has 1 aliphatic heterocycles. The van der Waals surface area contributed by atoms with Crippen molar-refractivity contribution < 1.29 is 52.9 Å². The number of esters is 1. The Bertz CT molecular complexity index is 2530. The molecule has 4 fully saturated rings. The molecule has 18 nitrogen and oxygen atoms in total. The maximum atomic E-state index is 12.9. The Hall–Kier alpha value is -6.56. The molecule has 0 spiro atoms. The lowest BCUT2D eigenvalue weighted by Crippen LogP contribution is -2.64. The van der Waals surface area contributed by atoms with Gasteiger partial charge >= 0.3 is 11.9 Å². The summed E-state index contributed by atoms with van der Waals surface area (Å²) >= 11 is 0. The van der Waals surface area contributed by atoms with Crippen LogP contribution in [0.1, 0.15) is 119 Å². The van der Waals surface area contributed by atoms with Gasteiger partial charge in [0, 0.05) is 86.6 Å². The van der Waals surface area contributed by atoms with E-state index in [1.54, 1.807) is 49.5 Å². The summed E-state index contributed by atoms with van der Waals surface area (Å²) in [6.45, 7) is 10.8. The Morgan fingerprint density at radius 2 is 1.54 bits per heavy atom. The number of carboxylic acid groups (broad SMARTS) is 1. The Labute approximate surface area is 401 Å². The standard InChI is InChI=1S/C51H63N7O11/c1-31(20-39(59)32(2)54-40(60)17-18-57-42(62)15-16-43(57)63)46(65)56-35-11-9-34(10-12-35)23-68-44(64)8-7-19-69-51-27-48(4)24-49(5,28-51)26-50(25-48,29-51)30-58-33(3)38(22-53-58)37-14-13-36(21-41(61)52-6)55-45(37)47(66)67/h9-16,22,31-32H,7-8,17-21,23-30H2,1-6H3,(H,52,61)(H,54,60)(H,56,65)(H,66,67)/t31-,32+,48?,49?,50?,51?/m1/s1. The van der Waals surface area contributed by atoms with Crippen molar-refractivity contribution in [1.29, 1.82) is 0 Å². The second-order valence-electron chi connectivity index (χ2n) is 20.6. The average molecular weight is 950 g/mol. The second-order valence-corrected chi connectivity index (χ2v) is 20.6. The smallest absolute Gasteiger partial charge is 0.355 e. The van der Waals surface area contributed by atoms with E-state index in [0.717, 1.165) is 66.8 Å². The molecule has 4 aliphatic carbocycles. The van der Waals surface area contributed by atoms with Crippen LogP contribution in [0.3, 0.4) is 0 Å². The molecule has 4 saturated carbocycles. The number of carbonyl (C=O) groups is 8. The molecule has 1 aromatic carbocycles. The SMILES string of the molecule is CNC(=O)Cc1ccc(-c2cnn(CC34CC5(C)CC(C)(C3)CC(OCCCC(=O)OCc3ccc(NC(=O)[C@H](C)CC(=O)[C@H](C)NC(=O)CCN6C(=O)C=CC6=O)cc3)(C5)C4)c2C)c(C(=O)O)n1. The molecule has 368 valence electrons. The minimum atomic E-state index is -1.18. The predicted molar refractivity (Wildman–Crippen MR) is 251 cm³/mol. The Balaban J connectivity index is 0.855. The quantitative estimate of drug-likeness (QED) is 0.0572. The normalized spacial score (nSPS) is 24.2. The summed E-state index contributed by atoms with van der Waals surface area (Å²) in [6, 6.07) is 9.38. The van der Waals surface area contributed by atoms with Gasteiger partial charge in [-0.1, -0.05) is 32.9 Å². The Morgan fingerprint density at radius 1 is 0.855 bits per heavy atom. The summed E-state index contributed by atoms with van der Waals surface area (Å²) in [5, 5.41) is 22.8. The summed E-state index contributed by atoms with van der Waals surface area (Å²) in [6.07, 6.45) is 10.3. The van der Waals surface area contributed by atoms with Crippen molar-refractivity contribution >= 4 is 52.9 Å². The van der Waals surface area contributed by atoms with Gasteiger partial charge in [0.15, 0.2) is 11.5 Å². The zero-order valence-corrected chi connectivity index (χ0v) is 40.3. The van der Waals surface area contributed by atoms with E-state index in [1.807, 2.05) is 11.6 Å². The number of benzene rings is 1. The molecule has 5 amide bonds. The number of likely N-dealkylation sites (N-methyl/N-ethyl adjacent to an activating group) is 1. The Morgan fingerprint density at radius 3 is 2.19 bits per heavy atom. The van der Waals surface area contributed by atoms with Crippen LogP contribution in [-0.2, 0) is 62.6 Å². The third kappa shape index (κ3) is 11.8. The number of imide groups is 1. The average Bonchev–Trinajstić information content (AvgIpc) is 3.80. The molecule has 4 bridgehead atoms. The molecule has 4 N–H and O–H groups in total. The van der Waals surface area contributed by atoms with Crippen LogP contribution in [-0.4, -0.2) is 104 Å². The lowest BCUT2D eigenvalue weighted by Gasteiger charge is -2.69. The van der Waals surface area contributed by atoms with Gasteiger partial charge in [0.05, 0.1) is 30.0 Å². The summed E-state index contributed by atoms with van der Waals surface area (Å²) < 4.78 is 14.4. The van der Waals surface area contributed by atoms with Gasteiger partial charge in [-0.3, -0.25) is 43.1 Å². The third-order valence-corrected chi connectivity index (χ3v) is 14.1. The highest BCUT2D eigenvalue weighted by atomic mass is 16.5. The number of Topliss-reactive ketones (excluding diaryl/α,β-unsaturated/α-hetero) is 1. The highest BCUT2D eigenvalue weighted by molar-refractivity contribution is 6.13. The maximum absolute atomic E-state index is 12.9. The zero-order chi connectivity index (χ0) is 49.9. The van der Waals surface area contributed by atoms with Crippen molar-refractivity contribution in [1.82, 2.24) is 30.3 Å². The minimum Gasteiger partial charge on any atom is -0.476 e. The van der Waals surface area contributed by atoms with Crippen LogP contribution in [0.15, 0.2) is 54.7 Å². The summed E-state index contributed by atoms with van der Waals surface area (Å²) in [5.41, 5.74) is 3.19. The topological polar surface area (TPSA) is 245 Å². The molecule has 0 radical (unpaired) electrons. The monoisotopic (exact) mass is 949 g/mol.